The molecule has 0 amide bonds. The molecule has 1 atom stereocenters. The molecular formula is C12H22O3. The van der Waals surface area contributed by atoms with Crippen molar-refractivity contribution < 1.29 is 14.6 Å². The lowest BCUT2D eigenvalue weighted by atomic mass is 10.1. The Kier molecular flexibility index (Phi) is 5.01. The maximum atomic E-state index is 11.7. The number of aliphatic hydroxyl groups is 1. The van der Waals surface area contributed by atoms with E-state index in [0.717, 1.165) is 0 Å². The van der Waals surface area contributed by atoms with Gasteiger partial charge in [-0.05, 0) is 33.6 Å². The molecule has 3 nitrogen and oxygen atoms in total. The Balaban J connectivity index is 4.74. The Hall–Kier alpha value is -0.830. The van der Waals surface area contributed by atoms with Gasteiger partial charge >= 0.3 is 5.97 Å². The first-order valence-electron chi connectivity index (χ1n) is 5.26. The van der Waals surface area contributed by atoms with Gasteiger partial charge in [0.05, 0.1) is 11.7 Å². The van der Waals surface area contributed by atoms with Crippen LogP contribution in [0.4, 0.5) is 0 Å². The Bertz CT molecular complexity index is 244. The number of allylic oxidation sites excluding steroid dienone is 1. The number of hydrogen-bond acceptors (Lipinski definition) is 3. The molecule has 0 fully saturated rings. The third-order valence-corrected chi connectivity index (χ3v) is 1.60. The van der Waals surface area contributed by atoms with E-state index in [4.69, 9.17) is 4.74 Å². The summed E-state index contributed by atoms with van der Waals surface area (Å²) in [5.41, 5.74) is -0.192. The van der Waals surface area contributed by atoms with Crippen molar-refractivity contribution >= 4 is 5.97 Å². The Morgan fingerprint density at radius 3 is 2.00 bits per heavy atom. The number of carbonyl (C=O) groups excluding carboxylic acids is 1. The quantitative estimate of drug-likeness (QED) is 0.579. The summed E-state index contributed by atoms with van der Waals surface area (Å²) in [6, 6.07) is 0. The number of hydrogen-bond donors (Lipinski definition) is 1. The van der Waals surface area contributed by atoms with Crippen LogP contribution in [0.25, 0.3) is 0 Å². The summed E-state index contributed by atoms with van der Waals surface area (Å²) in [6.07, 6.45) is 0.945. The van der Waals surface area contributed by atoms with Crippen LogP contribution in [0.1, 0.15) is 41.5 Å². The van der Waals surface area contributed by atoms with E-state index >= 15 is 0 Å². The lowest BCUT2D eigenvalue weighted by Crippen LogP contribution is -2.28. The molecule has 0 aromatic heterocycles. The van der Waals surface area contributed by atoms with E-state index in [1.807, 2.05) is 13.8 Å². The molecule has 0 aromatic rings. The van der Waals surface area contributed by atoms with Gasteiger partial charge in [0.15, 0.2) is 0 Å². The molecule has 0 aliphatic carbocycles. The van der Waals surface area contributed by atoms with E-state index in [0.29, 0.717) is 5.57 Å². The Morgan fingerprint density at radius 2 is 1.73 bits per heavy atom. The largest absolute Gasteiger partial charge is 0.457 e. The van der Waals surface area contributed by atoms with Crippen LogP contribution < -0.4 is 0 Å². The summed E-state index contributed by atoms with van der Waals surface area (Å²) in [5, 5.41) is 9.46. The van der Waals surface area contributed by atoms with Crippen molar-refractivity contribution in [2.45, 2.75) is 53.2 Å². The van der Waals surface area contributed by atoms with Gasteiger partial charge in [0.25, 0.3) is 0 Å². The van der Waals surface area contributed by atoms with Crippen molar-refractivity contribution in [3.8, 4) is 0 Å². The normalized spacial score (nSPS) is 15.3. The predicted octanol–water partition coefficient (Wildman–Crippen LogP) is 2.29. The average Bonchev–Trinajstić information content (AvgIpc) is 1.95. The van der Waals surface area contributed by atoms with Crippen molar-refractivity contribution in [1.82, 2.24) is 0 Å². The molecule has 0 aromatic carbocycles. The van der Waals surface area contributed by atoms with Gasteiger partial charge in [0.1, 0.15) is 5.60 Å². The van der Waals surface area contributed by atoms with E-state index in [2.05, 4.69) is 0 Å². The molecular weight excluding hydrogens is 192 g/mol. The summed E-state index contributed by atoms with van der Waals surface area (Å²) in [7, 11) is 0. The van der Waals surface area contributed by atoms with Crippen molar-refractivity contribution in [1.29, 1.82) is 0 Å². The molecule has 1 unspecified atom stereocenters. The van der Waals surface area contributed by atoms with Gasteiger partial charge in [0.2, 0.25) is 0 Å². The molecule has 3 heteroatoms. The van der Waals surface area contributed by atoms with Crippen LogP contribution in [-0.2, 0) is 9.53 Å². The third-order valence-electron chi connectivity index (χ3n) is 1.60. The molecule has 0 radical (unpaired) electrons. The highest BCUT2D eigenvalue weighted by Gasteiger charge is 2.22. The van der Waals surface area contributed by atoms with Gasteiger partial charge in [-0.25, -0.2) is 4.79 Å². The number of rotatable bonds is 3. The van der Waals surface area contributed by atoms with E-state index in [9.17, 15) is 9.90 Å². The zero-order valence-electron chi connectivity index (χ0n) is 10.5. The second kappa shape index (κ2) is 5.31. The standard InChI is InChI=1S/C12H22O3/c1-8(2)7-10(9(3)13)11(14)15-12(4,5)6/h7-9,13H,1-6H3/b10-7-. The summed E-state index contributed by atoms with van der Waals surface area (Å²) in [6.45, 7) is 10.9. The summed E-state index contributed by atoms with van der Waals surface area (Å²) >= 11 is 0. The fourth-order valence-electron chi connectivity index (χ4n) is 1.07. The predicted molar refractivity (Wildman–Crippen MR) is 60.4 cm³/mol. The molecule has 0 spiro atoms. The molecule has 0 heterocycles. The molecule has 15 heavy (non-hydrogen) atoms. The number of ether oxygens (including phenoxy) is 1. The molecule has 0 aliphatic rings. The second-order valence-corrected chi connectivity index (χ2v) is 5.04. The van der Waals surface area contributed by atoms with Crippen LogP contribution in [0.15, 0.2) is 11.6 Å². The summed E-state index contributed by atoms with van der Waals surface area (Å²) < 4.78 is 5.19. The maximum absolute atomic E-state index is 11.7. The average molecular weight is 214 g/mol. The molecule has 0 rings (SSSR count). The van der Waals surface area contributed by atoms with Gasteiger partial charge in [0, 0.05) is 0 Å². The van der Waals surface area contributed by atoms with Crippen LogP contribution in [0.5, 0.6) is 0 Å². The van der Waals surface area contributed by atoms with Crippen LogP contribution >= 0.6 is 0 Å². The first kappa shape index (κ1) is 14.2. The lowest BCUT2D eigenvalue weighted by Gasteiger charge is -2.21. The van der Waals surface area contributed by atoms with E-state index in [-0.39, 0.29) is 5.92 Å². The molecule has 0 bridgehead atoms. The van der Waals surface area contributed by atoms with E-state index < -0.39 is 17.7 Å². The van der Waals surface area contributed by atoms with Gasteiger partial charge in [-0.1, -0.05) is 19.9 Å². The van der Waals surface area contributed by atoms with Crippen LogP contribution in [0, 0.1) is 5.92 Å². The van der Waals surface area contributed by atoms with Crippen molar-refractivity contribution in [3.63, 3.8) is 0 Å². The molecule has 1 N–H and O–H groups in total. The number of carbonyl (C=O) groups is 1. The zero-order valence-corrected chi connectivity index (χ0v) is 10.5. The zero-order chi connectivity index (χ0) is 12.2. The highest BCUT2D eigenvalue weighted by molar-refractivity contribution is 5.89. The van der Waals surface area contributed by atoms with Crippen molar-refractivity contribution in [2.24, 2.45) is 5.92 Å². The fraction of sp³-hybridized carbons (Fsp3) is 0.750. The highest BCUT2D eigenvalue weighted by atomic mass is 16.6. The number of esters is 1. The Morgan fingerprint density at radius 1 is 1.27 bits per heavy atom. The highest BCUT2D eigenvalue weighted by Crippen LogP contribution is 2.15. The lowest BCUT2D eigenvalue weighted by molar-refractivity contribution is -0.151. The first-order valence-corrected chi connectivity index (χ1v) is 5.26. The fourth-order valence-corrected chi connectivity index (χ4v) is 1.07. The minimum Gasteiger partial charge on any atom is -0.457 e. The van der Waals surface area contributed by atoms with E-state index in [1.54, 1.807) is 33.8 Å². The van der Waals surface area contributed by atoms with Gasteiger partial charge < -0.3 is 9.84 Å². The monoisotopic (exact) mass is 214 g/mol. The molecule has 0 saturated heterocycles. The SMILES string of the molecule is CC(C)/C=C(\C(=O)OC(C)(C)C)C(C)O. The summed E-state index contributed by atoms with van der Waals surface area (Å²) in [5.74, 6) is -0.228. The third kappa shape index (κ3) is 6.28. The molecule has 0 saturated carbocycles. The minimum absolute atomic E-state index is 0.210. The van der Waals surface area contributed by atoms with Gasteiger partial charge in [-0.2, -0.15) is 0 Å². The molecule has 88 valence electrons. The maximum Gasteiger partial charge on any atom is 0.336 e. The van der Waals surface area contributed by atoms with E-state index in [1.165, 1.54) is 0 Å². The van der Waals surface area contributed by atoms with Crippen LogP contribution in [-0.4, -0.2) is 22.8 Å². The smallest absolute Gasteiger partial charge is 0.336 e. The topological polar surface area (TPSA) is 46.5 Å². The van der Waals surface area contributed by atoms with Crippen LogP contribution in [0.3, 0.4) is 0 Å². The molecule has 0 aliphatic heterocycles. The minimum atomic E-state index is -0.790. The van der Waals surface area contributed by atoms with Crippen molar-refractivity contribution in [3.05, 3.63) is 11.6 Å². The summed E-state index contributed by atoms with van der Waals surface area (Å²) in [4.78, 5) is 11.7. The van der Waals surface area contributed by atoms with Crippen molar-refractivity contribution in [2.75, 3.05) is 0 Å². The Labute approximate surface area is 92.1 Å². The number of aliphatic hydroxyl groups excluding tert-OH is 1. The van der Waals surface area contributed by atoms with Gasteiger partial charge in [-0.15, -0.1) is 0 Å². The second-order valence-electron chi connectivity index (χ2n) is 5.04. The van der Waals surface area contributed by atoms with Crippen LogP contribution in [0.2, 0.25) is 0 Å². The first-order chi connectivity index (χ1) is 6.63. The van der Waals surface area contributed by atoms with Gasteiger partial charge in [-0.3, -0.25) is 0 Å².